The summed E-state index contributed by atoms with van der Waals surface area (Å²) in [4.78, 5) is 0. The molecule has 0 bridgehead atoms. The standard InChI is InChI=1S/C6H4BBrFO2/c8-4-1-2-6(11-7-10)5(9)3-4/h1-3,10H. The summed E-state index contributed by atoms with van der Waals surface area (Å²) in [6.07, 6.45) is 0. The van der Waals surface area contributed by atoms with Crippen LogP contribution in [0.5, 0.6) is 5.75 Å². The van der Waals surface area contributed by atoms with Crippen LogP contribution < -0.4 is 4.65 Å². The van der Waals surface area contributed by atoms with Crippen LogP contribution in [0.1, 0.15) is 0 Å². The van der Waals surface area contributed by atoms with Crippen molar-refractivity contribution in [1.29, 1.82) is 0 Å². The fourth-order valence-corrected chi connectivity index (χ4v) is 0.961. The molecule has 0 unspecified atom stereocenters. The van der Waals surface area contributed by atoms with Gasteiger partial charge in [-0.05, 0) is 18.2 Å². The van der Waals surface area contributed by atoms with E-state index in [2.05, 4.69) is 20.6 Å². The smallest absolute Gasteiger partial charge is 0.535 e. The molecule has 0 amide bonds. The molecular weight excluding hydrogens is 214 g/mol. The molecule has 0 saturated carbocycles. The average molecular weight is 218 g/mol. The van der Waals surface area contributed by atoms with Gasteiger partial charge in [-0.25, -0.2) is 4.39 Å². The zero-order valence-corrected chi connectivity index (χ0v) is 7.01. The lowest BCUT2D eigenvalue weighted by Crippen LogP contribution is -2.01. The van der Waals surface area contributed by atoms with Gasteiger partial charge in [-0.1, -0.05) is 15.9 Å². The summed E-state index contributed by atoms with van der Waals surface area (Å²) < 4.78 is 17.8. The topological polar surface area (TPSA) is 29.5 Å². The minimum absolute atomic E-state index is 0.00398. The quantitative estimate of drug-likeness (QED) is 0.761. The molecular formula is C6H4BBrFO2. The molecule has 1 N–H and O–H groups in total. The highest BCUT2D eigenvalue weighted by molar-refractivity contribution is 9.10. The zero-order chi connectivity index (χ0) is 8.27. The number of benzene rings is 1. The molecule has 11 heavy (non-hydrogen) atoms. The van der Waals surface area contributed by atoms with Crippen molar-refractivity contribution < 1.29 is 14.1 Å². The maximum absolute atomic E-state index is 12.8. The molecule has 0 atom stereocenters. The highest BCUT2D eigenvalue weighted by atomic mass is 79.9. The molecule has 0 saturated heterocycles. The molecule has 1 radical (unpaired) electrons. The Labute approximate surface area is 72.4 Å². The van der Waals surface area contributed by atoms with E-state index in [0.29, 0.717) is 12.2 Å². The Morgan fingerprint density at radius 3 is 2.82 bits per heavy atom. The summed E-state index contributed by atoms with van der Waals surface area (Å²) in [6.45, 7) is 0. The Morgan fingerprint density at radius 1 is 1.55 bits per heavy atom. The van der Waals surface area contributed by atoms with Crippen molar-refractivity contribution in [2.24, 2.45) is 0 Å². The third kappa shape index (κ3) is 2.20. The summed E-state index contributed by atoms with van der Waals surface area (Å²) in [5, 5.41) is 8.19. The van der Waals surface area contributed by atoms with Crippen LogP contribution >= 0.6 is 15.9 Å². The van der Waals surface area contributed by atoms with E-state index in [9.17, 15) is 4.39 Å². The van der Waals surface area contributed by atoms with E-state index in [-0.39, 0.29) is 5.75 Å². The Hall–Kier alpha value is -0.545. The van der Waals surface area contributed by atoms with Gasteiger partial charge in [-0.2, -0.15) is 0 Å². The first-order valence-electron chi connectivity index (χ1n) is 2.81. The summed E-state index contributed by atoms with van der Waals surface area (Å²) in [6, 6.07) is 4.27. The van der Waals surface area contributed by atoms with Crippen LogP contribution in [-0.2, 0) is 0 Å². The summed E-state index contributed by atoms with van der Waals surface area (Å²) in [5.74, 6) is -0.527. The van der Waals surface area contributed by atoms with E-state index >= 15 is 0 Å². The van der Waals surface area contributed by atoms with Gasteiger partial charge >= 0.3 is 7.69 Å². The Bertz CT molecular complexity index is 256. The maximum atomic E-state index is 12.8. The Kier molecular flexibility index (Phi) is 2.90. The lowest BCUT2D eigenvalue weighted by molar-refractivity contribution is 0.431. The first-order valence-corrected chi connectivity index (χ1v) is 3.61. The van der Waals surface area contributed by atoms with E-state index < -0.39 is 5.82 Å². The van der Waals surface area contributed by atoms with Crippen LogP contribution in [0.4, 0.5) is 4.39 Å². The fourth-order valence-electron chi connectivity index (χ4n) is 0.628. The first-order chi connectivity index (χ1) is 5.24. The van der Waals surface area contributed by atoms with Crippen LogP contribution in [0, 0.1) is 5.82 Å². The number of hydrogen-bond donors (Lipinski definition) is 1. The van der Waals surface area contributed by atoms with Crippen molar-refractivity contribution >= 4 is 23.6 Å². The third-order valence-corrected chi connectivity index (χ3v) is 1.57. The van der Waals surface area contributed by atoms with Gasteiger partial charge in [0.15, 0.2) is 5.82 Å². The number of rotatable bonds is 2. The van der Waals surface area contributed by atoms with Gasteiger partial charge < -0.3 is 9.68 Å². The predicted octanol–water partition coefficient (Wildman–Crippen LogP) is 1.49. The summed E-state index contributed by atoms with van der Waals surface area (Å²) >= 11 is 3.08. The lowest BCUT2D eigenvalue weighted by Gasteiger charge is -2.01. The zero-order valence-electron chi connectivity index (χ0n) is 5.42. The molecule has 5 heteroatoms. The maximum Gasteiger partial charge on any atom is 0.569 e. The highest BCUT2D eigenvalue weighted by Gasteiger charge is 2.02. The van der Waals surface area contributed by atoms with Crippen LogP contribution in [0.15, 0.2) is 22.7 Å². The Balaban J connectivity index is 2.90. The largest absolute Gasteiger partial charge is 0.569 e. The van der Waals surface area contributed by atoms with Crippen molar-refractivity contribution in [3.8, 4) is 5.75 Å². The van der Waals surface area contributed by atoms with E-state index in [0.717, 1.165) is 0 Å². The van der Waals surface area contributed by atoms with Crippen LogP contribution in [0.25, 0.3) is 0 Å². The van der Waals surface area contributed by atoms with Gasteiger partial charge in [-0.3, -0.25) is 0 Å². The molecule has 0 spiro atoms. The van der Waals surface area contributed by atoms with Crippen LogP contribution in [-0.4, -0.2) is 12.7 Å². The molecule has 0 aliphatic carbocycles. The molecule has 2 nitrogen and oxygen atoms in total. The van der Waals surface area contributed by atoms with Gasteiger partial charge in [0.25, 0.3) is 0 Å². The average Bonchev–Trinajstić information content (AvgIpc) is 1.95. The first kappa shape index (κ1) is 8.55. The molecule has 1 aromatic carbocycles. The van der Waals surface area contributed by atoms with Crippen molar-refractivity contribution in [1.82, 2.24) is 0 Å². The molecule has 1 rings (SSSR count). The minimum atomic E-state index is -0.523. The second kappa shape index (κ2) is 3.73. The summed E-state index contributed by atoms with van der Waals surface area (Å²) in [5.41, 5.74) is 0. The monoisotopic (exact) mass is 217 g/mol. The molecule has 1 aromatic rings. The van der Waals surface area contributed by atoms with Crippen LogP contribution in [0.2, 0.25) is 0 Å². The van der Waals surface area contributed by atoms with Crippen molar-refractivity contribution in [3.63, 3.8) is 0 Å². The van der Waals surface area contributed by atoms with E-state index in [4.69, 9.17) is 5.02 Å². The second-order valence-electron chi connectivity index (χ2n) is 1.80. The fraction of sp³-hybridized carbons (Fsp3) is 0. The van der Waals surface area contributed by atoms with E-state index in [1.165, 1.54) is 12.1 Å². The van der Waals surface area contributed by atoms with E-state index in [1.54, 1.807) is 6.07 Å². The summed E-state index contributed by atoms with van der Waals surface area (Å²) in [7, 11) is 0.437. The molecule has 0 aliphatic heterocycles. The minimum Gasteiger partial charge on any atom is -0.535 e. The van der Waals surface area contributed by atoms with Gasteiger partial charge in [0.1, 0.15) is 5.75 Å². The third-order valence-electron chi connectivity index (χ3n) is 1.07. The number of hydrogen-bond acceptors (Lipinski definition) is 2. The van der Waals surface area contributed by atoms with Gasteiger partial charge in [0, 0.05) is 4.47 Å². The van der Waals surface area contributed by atoms with Gasteiger partial charge in [-0.15, -0.1) is 0 Å². The molecule has 0 aliphatic rings. The van der Waals surface area contributed by atoms with E-state index in [1.807, 2.05) is 0 Å². The second-order valence-corrected chi connectivity index (χ2v) is 2.71. The van der Waals surface area contributed by atoms with Gasteiger partial charge in [0.2, 0.25) is 0 Å². The molecule has 57 valence electrons. The lowest BCUT2D eigenvalue weighted by atomic mass is 10.3. The predicted molar refractivity (Wildman–Crippen MR) is 42.7 cm³/mol. The Morgan fingerprint density at radius 2 is 2.27 bits per heavy atom. The van der Waals surface area contributed by atoms with Crippen molar-refractivity contribution in [2.75, 3.05) is 0 Å². The van der Waals surface area contributed by atoms with Crippen LogP contribution in [0.3, 0.4) is 0 Å². The molecule has 0 fully saturated rings. The van der Waals surface area contributed by atoms with Crippen molar-refractivity contribution in [3.05, 3.63) is 28.5 Å². The number of halogens is 2. The van der Waals surface area contributed by atoms with Crippen molar-refractivity contribution in [2.45, 2.75) is 0 Å². The molecule has 0 aromatic heterocycles. The normalized spacial score (nSPS) is 9.36. The SMILES string of the molecule is O[B]Oc1ccc(Br)cc1F. The molecule has 0 heterocycles. The highest BCUT2D eigenvalue weighted by Crippen LogP contribution is 2.20. The van der Waals surface area contributed by atoms with Gasteiger partial charge in [0.05, 0.1) is 0 Å².